The van der Waals surface area contributed by atoms with Gasteiger partial charge in [-0.2, -0.15) is 20.5 Å². The maximum atomic E-state index is 9.52. The summed E-state index contributed by atoms with van der Waals surface area (Å²) in [5.41, 5.74) is 1.81. The van der Waals surface area contributed by atoms with Crippen LogP contribution in [0.2, 0.25) is 0 Å². The van der Waals surface area contributed by atoms with E-state index >= 15 is 0 Å². The minimum Gasteiger partial charge on any atom is -0.506 e. The first kappa shape index (κ1) is 10.3. The lowest BCUT2D eigenvalue weighted by atomic mass is 10.1. The molecule has 0 radical (unpaired) electrons. The summed E-state index contributed by atoms with van der Waals surface area (Å²) < 4.78 is 0. The van der Waals surface area contributed by atoms with Gasteiger partial charge in [-0.15, -0.1) is 0 Å². The first-order chi connectivity index (χ1) is 6.70. The van der Waals surface area contributed by atoms with E-state index in [2.05, 4.69) is 20.5 Å². The van der Waals surface area contributed by atoms with Gasteiger partial charge in [-0.1, -0.05) is 6.07 Å². The van der Waals surface area contributed by atoms with Gasteiger partial charge in [0.15, 0.2) is 5.69 Å². The highest BCUT2D eigenvalue weighted by Crippen LogP contribution is 2.39. The van der Waals surface area contributed by atoms with Crippen molar-refractivity contribution in [1.29, 1.82) is 0 Å². The van der Waals surface area contributed by atoms with E-state index in [4.69, 9.17) is 0 Å². The molecule has 0 saturated heterocycles. The SMILES string of the molecule is CN=Nc1c(C)ccc(O)c1N=NC. The first-order valence-electron chi connectivity index (χ1n) is 4.13. The minimum absolute atomic E-state index is 0.0589. The topological polar surface area (TPSA) is 69.7 Å². The third kappa shape index (κ3) is 1.93. The average Bonchev–Trinajstić information content (AvgIpc) is 2.17. The van der Waals surface area contributed by atoms with E-state index in [1.807, 2.05) is 6.92 Å². The largest absolute Gasteiger partial charge is 0.506 e. The fourth-order valence-corrected chi connectivity index (χ4v) is 1.09. The van der Waals surface area contributed by atoms with Crippen LogP contribution in [0.4, 0.5) is 11.4 Å². The van der Waals surface area contributed by atoms with Crippen LogP contribution in [0.1, 0.15) is 5.56 Å². The molecule has 5 nitrogen and oxygen atoms in total. The van der Waals surface area contributed by atoms with Crippen molar-refractivity contribution >= 4 is 11.4 Å². The van der Waals surface area contributed by atoms with E-state index in [9.17, 15) is 5.11 Å². The molecule has 0 heterocycles. The maximum absolute atomic E-state index is 9.52. The highest BCUT2D eigenvalue weighted by Gasteiger charge is 2.09. The number of rotatable bonds is 2. The molecule has 0 aromatic heterocycles. The molecular weight excluding hydrogens is 180 g/mol. The summed E-state index contributed by atoms with van der Waals surface area (Å²) in [5.74, 6) is 0.0589. The maximum Gasteiger partial charge on any atom is 0.155 e. The average molecular weight is 192 g/mol. The number of aryl methyl sites for hydroxylation is 1. The number of benzene rings is 1. The van der Waals surface area contributed by atoms with Gasteiger partial charge in [0.05, 0.1) is 0 Å². The summed E-state index contributed by atoms with van der Waals surface area (Å²) in [6.07, 6.45) is 0. The van der Waals surface area contributed by atoms with Crippen molar-refractivity contribution in [2.45, 2.75) is 6.92 Å². The molecular formula is C9H12N4O. The summed E-state index contributed by atoms with van der Waals surface area (Å²) in [4.78, 5) is 0. The van der Waals surface area contributed by atoms with Gasteiger partial charge in [0.1, 0.15) is 11.4 Å². The molecule has 5 heteroatoms. The molecule has 0 bridgehead atoms. The Labute approximate surface area is 82.2 Å². The predicted molar refractivity (Wildman–Crippen MR) is 53.7 cm³/mol. The Morgan fingerprint density at radius 1 is 1.00 bits per heavy atom. The lowest BCUT2D eigenvalue weighted by Gasteiger charge is -2.03. The van der Waals surface area contributed by atoms with Crippen LogP contribution in [0.15, 0.2) is 32.6 Å². The molecule has 0 spiro atoms. The van der Waals surface area contributed by atoms with E-state index < -0.39 is 0 Å². The molecule has 0 aliphatic carbocycles. The van der Waals surface area contributed by atoms with Gasteiger partial charge in [0, 0.05) is 14.1 Å². The van der Waals surface area contributed by atoms with Crippen molar-refractivity contribution in [2.75, 3.05) is 14.1 Å². The zero-order chi connectivity index (χ0) is 10.6. The summed E-state index contributed by atoms with van der Waals surface area (Å²) >= 11 is 0. The normalized spacial score (nSPS) is 11.6. The molecule has 0 amide bonds. The van der Waals surface area contributed by atoms with Gasteiger partial charge in [0.25, 0.3) is 0 Å². The van der Waals surface area contributed by atoms with Crippen LogP contribution in [-0.2, 0) is 0 Å². The van der Waals surface area contributed by atoms with E-state index in [1.165, 1.54) is 7.05 Å². The second-order valence-corrected chi connectivity index (χ2v) is 2.70. The number of hydrogen-bond acceptors (Lipinski definition) is 5. The fourth-order valence-electron chi connectivity index (χ4n) is 1.09. The monoisotopic (exact) mass is 192 g/mol. The van der Waals surface area contributed by atoms with E-state index in [-0.39, 0.29) is 5.75 Å². The number of phenols is 1. The van der Waals surface area contributed by atoms with Crippen LogP contribution in [0, 0.1) is 6.92 Å². The number of phenolic OH excluding ortho intramolecular Hbond substituents is 1. The van der Waals surface area contributed by atoms with Gasteiger partial charge in [-0.25, -0.2) is 0 Å². The molecule has 1 N–H and O–H groups in total. The molecule has 0 aliphatic heterocycles. The van der Waals surface area contributed by atoms with Crippen molar-refractivity contribution in [2.24, 2.45) is 20.5 Å². The molecule has 0 saturated carbocycles. The van der Waals surface area contributed by atoms with Crippen molar-refractivity contribution < 1.29 is 5.11 Å². The van der Waals surface area contributed by atoms with Gasteiger partial charge < -0.3 is 5.11 Å². The highest BCUT2D eigenvalue weighted by molar-refractivity contribution is 5.71. The quantitative estimate of drug-likeness (QED) is 0.718. The minimum atomic E-state index is 0.0589. The third-order valence-corrected chi connectivity index (χ3v) is 1.73. The van der Waals surface area contributed by atoms with Gasteiger partial charge in [-0.05, 0) is 18.6 Å². The Kier molecular flexibility index (Phi) is 3.28. The van der Waals surface area contributed by atoms with Gasteiger partial charge in [-0.3, -0.25) is 0 Å². The van der Waals surface area contributed by atoms with Crippen LogP contribution in [0.25, 0.3) is 0 Å². The molecule has 14 heavy (non-hydrogen) atoms. The second-order valence-electron chi connectivity index (χ2n) is 2.70. The summed E-state index contributed by atoms with van der Waals surface area (Å²) in [6.45, 7) is 1.87. The molecule has 1 aromatic carbocycles. The fraction of sp³-hybridized carbons (Fsp3) is 0.333. The van der Waals surface area contributed by atoms with E-state index in [0.29, 0.717) is 11.4 Å². The third-order valence-electron chi connectivity index (χ3n) is 1.73. The lowest BCUT2D eigenvalue weighted by Crippen LogP contribution is -1.76. The Hall–Kier alpha value is -1.78. The molecule has 0 unspecified atom stereocenters. The van der Waals surface area contributed by atoms with Crippen molar-refractivity contribution in [3.63, 3.8) is 0 Å². The molecule has 1 rings (SSSR count). The zero-order valence-electron chi connectivity index (χ0n) is 8.39. The first-order valence-corrected chi connectivity index (χ1v) is 4.13. The predicted octanol–water partition coefficient (Wildman–Crippen LogP) is 3.13. The second kappa shape index (κ2) is 4.45. The van der Waals surface area contributed by atoms with Crippen LogP contribution >= 0.6 is 0 Å². The summed E-state index contributed by atoms with van der Waals surface area (Å²) in [6, 6.07) is 3.32. The zero-order valence-corrected chi connectivity index (χ0v) is 8.39. The lowest BCUT2D eigenvalue weighted by molar-refractivity contribution is 0.476. The van der Waals surface area contributed by atoms with Crippen molar-refractivity contribution in [3.8, 4) is 5.75 Å². The van der Waals surface area contributed by atoms with Crippen molar-refractivity contribution in [1.82, 2.24) is 0 Å². The molecule has 1 aromatic rings. The molecule has 0 atom stereocenters. The molecule has 0 aliphatic rings. The van der Waals surface area contributed by atoms with Gasteiger partial charge >= 0.3 is 0 Å². The van der Waals surface area contributed by atoms with Crippen LogP contribution < -0.4 is 0 Å². The Morgan fingerprint density at radius 3 is 2.14 bits per heavy atom. The van der Waals surface area contributed by atoms with E-state index in [0.717, 1.165) is 5.56 Å². The van der Waals surface area contributed by atoms with E-state index in [1.54, 1.807) is 19.2 Å². The number of nitrogens with zero attached hydrogens (tertiary/aromatic N) is 4. The smallest absolute Gasteiger partial charge is 0.155 e. The highest BCUT2D eigenvalue weighted by atomic mass is 16.3. The Morgan fingerprint density at radius 2 is 1.57 bits per heavy atom. The summed E-state index contributed by atoms with van der Waals surface area (Å²) in [7, 11) is 3.10. The van der Waals surface area contributed by atoms with Gasteiger partial charge in [0.2, 0.25) is 0 Å². The standard InChI is InChI=1S/C9H12N4O/c1-6-4-5-7(14)9(13-11-3)8(6)12-10-2/h4-5,14H,1-3H3. The number of azo groups is 2. The Bertz CT molecular complexity index is 348. The molecule has 74 valence electrons. The number of hydrogen-bond donors (Lipinski definition) is 1. The van der Waals surface area contributed by atoms with Crippen LogP contribution in [-0.4, -0.2) is 19.2 Å². The Balaban J connectivity index is 3.41. The van der Waals surface area contributed by atoms with Crippen molar-refractivity contribution in [3.05, 3.63) is 17.7 Å². The van der Waals surface area contributed by atoms with Crippen LogP contribution in [0.5, 0.6) is 5.75 Å². The molecule has 0 fully saturated rings. The number of aromatic hydroxyl groups is 1. The van der Waals surface area contributed by atoms with Crippen LogP contribution in [0.3, 0.4) is 0 Å². The summed E-state index contributed by atoms with van der Waals surface area (Å²) in [5, 5.41) is 24.5.